The zero-order valence-corrected chi connectivity index (χ0v) is 14.2. The molecule has 2 nitrogen and oxygen atoms in total. The van der Waals surface area contributed by atoms with Crippen LogP contribution in [0.4, 0.5) is 0 Å². The lowest BCUT2D eigenvalue weighted by Gasteiger charge is -2.32. The van der Waals surface area contributed by atoms with Crippen molar-refractivity contribution in [1.29, 1.82) is 0 Å². The second-order valence-electron chi connectivity index (χ2n) is 6.78. The van der Waals surface area contributed by atoms with E-state index in [2.05, 4.69) is 46.9 Å². The van der Waals surface area contributed by atoms with E-state index in [-0.39, 0.29) is 0 Å². The summed E-state index contributed by atoms with van der Waals surface area (Å²) in [6, 6.07) is 0. The summed E-state index contributed by atoms with van der Waals surface area (Å²) >= 11 is 0. The van der Waals surface area contributed by atoms with Crippen molar-refractivity contribution in [3.05, 3.63) is 0 Å². The minimum Gasteiger partial charge on any atom is -0.381 e. The molecule has 19 heavy (non-hydrogen) atoms. The van der Waals surface area contributed by atoms with Gasteiger partial charge >= 0.3 is 0 Å². The van der Waals surface area contributed by atoms with Gasteiger partial charge in [-0.1, -0.05) is 41.5 Å². The Labute approximate surface area is 121 Å². The summed E-state index contributed by atoms with van der Waals surface area (Å²) < 4.78 is 5.80. The predicted molar refractivity (Wildman–Crippen MR) is 85.6 cm³/mol. The molecule has 0 saturated carbocycles. The van der Waals surface area contributed by atoms with Gasteiger partial charge in [0, 0.05) is 19.8 Å². The topological polar surface area (TPSA) is 21.3 Å². The van der Waals surface area contributed by atoms with Gasteiger partial charge in [0.05, 0.1) is 0 Å². The van der Waals surface area contributed by atoms with Crippen LogP contribution in [0.15, 0.2) is 0 Å². The van der Waals surface area contributed by atoms with Crippen molar-refractivity contribution in [3.8, 4) is 0 Å². The first kappa shape index (κ1) is 18.9. The molecule has 0 aliphatic carbocycles. The van der Waals surface area contributed by atoms with Crippen LogP contribution in [-0.2, 0) is 4.74 Å². The lowest BCUT2D eigenvalue weighted by molar-refractivity contribution is 0.0813. The maximum atomic E-state index is 5.80. The van der Waals surface area contributed by atoms with Gasteiger partial charge < -0.3 is 10.1 Å². The molecule has 0 rings (SSSR count). The molecule has 0 aromatic rings. The van der Waals surface area contributed by atoms with Gasteiger partial charge in [0.1, 0.15) is 0 Å². The second-order valence-corrected chi connectivity index (χ2v) is 6.78. The van der Waals surface area contributed by atoms with Crippen molar-refractivity contribution in [2.45, 2.75) is 67.2 Å². The molecule has 0 heterocycles. The predicted octanol–water partition coefficient (Wildman–Crippen LogP) is 4.49. The van der Waals surface area contributed by atoms with Gasteiger partial charge in [0.2, 0.25) is 0 Å². The van der Waals surface area contributed by atoms with Crippen LogP contribution >= 0.6 is 0 Å². The summed E-state index contributed by atoms with van der Waals surface area (Å²) in [6.45, 7) is 17.7. The zero-order chi connectivity index (χ0) is 14.7. The molecule has 2 heteroatoms. The van der Waals surface area contributed by atoms with Crippen LogP contribution in [0.1, 0.15) is 67.2 Å². The molecule has 0 saturated heterocycles. The summed E-state index contributed by atoms with van der Waals surface area (Å²) in [5.41, 5.74) is 0.423. The largest absolute Gasteiger partial charge is 0.381 e. The van der Waals surface area contributed by atoms with Crippen molar-refractivity contribution in [3.63, 3.8) is 0 Å². The highest BCUT2D eigenvalue weighted by molar-refractivity contribution is 4.79. The minimum atomic E-state index is 0.423. The molecule has 1 N–H and O–H groups in total. The molecule has 0 atom stereocenters. The number of ether oxygens (including phenoxy) is 1. The molecule has 0 aromatic heterocycles. The minimum absolute atomic E-state index is 0.423. The standard InChI is InChI=1S/C17H37NO/c1-7-17(8-2,14-18-13-16(5)6)10-12-19-11-9-15(3)4/h15-16,18H,7-14H2,1-6H3. The van der Waals surface area contributed by atoms with Crippen LogP contribution in [0, 0.1) is 17.3 Å². The molecule has 0 amide bonds. The Morgan fingerprint density at radius 3 is 2.05 bits per heavy atom. The Morgan fingerprint density at radius 1 is 0.947 bits per heavy atom. The molecular formula is C17H37NO. The van der Waals surface area contributed by atoms with E-state index >= 15 is 0 Å². The summed E-state index contributed by atoms with van der Waals surface area (Å²) in [4.78, 5) is 0. The van der Waals surface area contributed by atoms with E-state index in [1.165, 1.54) is 25.7 Å². The van der Waals surface area contributed by atoms with Crippen LogP contribution in [0.25, 0.3) is 0 Å². The highest BCUT2D eigenvalue weighted by atomic mass is 16.5. The normalized spacial score (nSPS) is 12.6. The molecule has 0 bridgehead atoms. The number of hydrogen-bond acceptors (Lipinski definition) is 2. The Morgan fingerprint density at radius 2 is 1.58 bits per heavy atom. The summed E-state index contributed by atoms with van der Waals surface area (Å²) in [6.07, 6.45) is 4.84. The highest BCUT2D eigenvalue weighted by Gasteiger charge is 2.25. The fourth-order valence-electron chi connectivity index (χ4n) is 2.28. The first-order valence-corrected chi connectivity index (χ1v) is 8.24. The molecule has 0 unspecified atom stereocenters. The average Bonchev–Trinajstić information content (AvgIpc) is 2.35. The summed E-state index contributed by atoms with van der Waals surface area (Å²) in [7, 11) is 0. The Balaban J connectivity index is 3.94. The van der Waals surface area contributed by atoms with Crippen molar-refractivity contribution in [2.24, 2.45) is 17.3 Å². The van der Waals surface area contributed by atoms with Crippen LogP contribution in [-0.4, -0.2) is 26.3 Å². The molecule has 0 aliphatic rings. The van der Waals surface area contributed by atoms with E-state index in [0.717, 1.165) is 38.1 Å². The maximum absolute atomic E-state index is 5.80. The molecule has 0 radical (unpaired) electrons. The van der Waals surface area contributed by atoms with E-state index in [0.29, 0.717) is 5.41 Å². The maximum Gasteiger partial charge on any atom is 0.0471 e. The first-order valence-electron chi connectivity index (χ1n) is 8.24. The molecule has 116 valence electrons. The third-order valence-electron chi connectivity index (χ3n) is 4.17. The number of nitrogens with one attached hydrogen (secondary N) is 1. The first-order chi connectivity index (χ1) is 8.95. The van der Waals surface area contributed by atoms with Crippen LogP contribution in [0.2, 0.25) is 0 Å². The number of rotatable bonds is 12. The molecular weight excluding hydrogens is 234 g/mol. The molecule has 0 aromatic carbocycles. The SMILES string of the molecule is CCC(CC)(CCOCCC(C)C)CNCC(C)C. The summed E-state index contributed by atoms with van der Waals surface area (Å²) in [5, 5.41) is 3.63. The quantitative estimate of drug-likeness (QED) is 0.528. The highest BCUT2D eigenvalue weighted by Crippen LogP contribution is 2.29. The average molecular weight is 271 g/mol. The smallest absolute Gasteiger partial charge is 0.0471 e. The Hall–Kier alpha value is -0.0800. The third kappa shape index (κ3) is 9.45. The van der Waals surface area contributed by atoms with Gasteiger partial charge in [0.15, 0.2) is 0 Å². The summed E-state index contributed by atoms with van der Waals surface area (Å²) in [5.74, 6) is 1.48. The van der Waals surface area contributed by atoms with E-state index in [4.69, 9.17) is 4.74 Å². The zero-order valence-electron chi connectivity index (χ0n) is 14.2. The van der Waals surface area contributed by atoms with Crippen LogP contribution in [0.5, 0.6) is 0 Å². The van der Waals surface area contributed by atoms with E-state index in [1.807, 2.05) is 0 Å². The van der Waals surface area contributed by atoms with Gasteiger partial charge in [-0.15, -0.1) is 0 Å². The van der Waals surface area contributed by atoms with E-state index in [1.54, 1.807) is 0 Å². The fourth-order valence-corrected chi connectivity index (χ4v) is 2.28. The van der Waals surface area contributed by atoms with Crippen molar-refractivity contribution in [1.82, 2.24) is 5.32 Å². The monoisotopic (exact) mass is 271 g/mol. The van der Waals surface area contributed by atoms with Gasteiger partial charge in [-0.3, -0.25) is 0 Å². The van der Waals surface area contributed by atoms with Crippen molar-refractivity contribution >= 4 is 0 Å². The Kier molecular flexibility index (Phi) is 10.6. The molecule has 0 spiro atoms. The van der Waals surface area contributed by atoms with Crippen molar-refractivity contribution in [2.75, 3.05) is 26.3 Å². The van der Waals surface area contributed by atoms with Gasteiger partial charge in [-0.2, -0.15) is 0 Å². The van der Waals surface area contributed by atoms with E-state index < -0.39 is 0 Å². The lowest BCUT2D eigenvalue weighted by atomic mass is 9.79. The molecule has 0 fully saturated rings. The van der Waals surface area contributed by atoms with Gasteiger partial charge in [-0.05, 0) is 49.5 Å². The molecule has 0 aliphatic heterocycles. The Bertz CT molecular complexity index is 197. The van der Waals surface area contributed by atoms with Crippen molar-refractivity contribution < 1.29 is 4.74 Å². The van der Waals surface area contributed by atoms with E-state index in [9.17, 15) is 0 Å². The third-order valence-corrected chi connectivity index (χ3v) is 4.17. The van der Waals surface area contributed by atoms with Crippen LogP contribution in [0.3, 0.4) is 0 Å². The second kappa shape index (κ2) is 10.7. The van der Waals surface area contributed by atoms with Gasteiger partial charge in [-0.25, -0.2) is 0 Å². The van der Waals surface area contributed by atoms with Crippen LogP contribution < -0.4 is 5.32 Å². The number of hydrogen-bond donors (Lipinski definition) is 1. The van der Waals surface area contributed by atoms with Gasteiger partial charge in [0.25, 0.3) is 0 Å². The lowest BCUT2D eigenvalue weighted by Crippen LogP contribution is -2.36. The fraction of sp³-hybridized carbons (Fsp3) is 1.00.